The highest BCUT2D eigenvalue weighted by atomic mass is 14.3. The van der Waals surface area contributed by atoms with E-state index in [-0.39, 0.29) is 0 Å². The molecule has 0 saturated carbocycles. The minimum absolute atomic E-state index is 1.21. The molecule has 18 heavy (non-hydrogen) atoms. The Kier molecular flexibility index (Phi) is 1.41. The minimum Gasteiger partial charge on any atom is -0.0616 e. The number of rotatable bonds is 0. The van der Waals surface area contributed by atoms with Gasteiger partial charge in [0.15, 0.2) is 0 Å². The summed E-state index contributed by atoms with van der Waals surface area (Å²) in [6.45, 7) is 0. The zero-order chi connectivity index (χ0) is 11.7. The van der Waals surface area contributed by atoms with Gasteiger partial charge in [-0.1, -0.05) is 48.5 Å². The van der Waals surface area contributed by atoms with Gasteiger partial charge in [-0.3, -0.25) is 0 Å². The third-order valence-electron chi connectivity index (χ3n) is 4.50. The first kappa shape index (κ1) is 8.93. The smallest absolute Gasteiger partial charge is 0.00208 e. The Morgan fingerprint density at radius 2 is 1.06 bits per heavy atom. The largest absolute Gasteiger partial charge is 0.0616 e. The van der Waals surface area contributed by atoms with E-state index in [1.54, 1.807) is 16.5 Å². The monoisotopic (exact) mass is 228 g/mol. The lowest BCUT2D eigenvalue weighted by atomic mass is 9.99. The van der Waals surface area contributed by atoms with E-state index < -0.39 is 0 Å². The molecule has 0 fully saturated rings. The average molecular weight is 228 g/mol. The van der Waals surface area contributed by atoms with Gasteiger partial charge in [-0.2, -0.15) is 0 Å². The summed E-state index contributed by atoms with van der Waals surface area (Å²) in [5, 5.41) is 3.05. The molecule has 0 aromatic heterocycles. The average Bonchev–Trinajstić information content (AvgIpc) is 2.97. The zero-order valence-corrected chi connectivity index (χ0v) is 10.0. The second-order valence-electron chi connectivity index (χ2n) is 5.34. The molecular weight excluding hydrogens is 216 g/mol. The van der Waals surface area contributed by atoms with Crippen LogP contribution in [-0.2, 0) is 12.8 Å². The SMILES string of the molecule is c1ccc2c(c1)-c1ccc3c4c(ccc-2c14)CC3. The van der Waals surface area contributed by atoms with E-state index in [0.29, 0.717) is 0 Å². The van der Waals surface area contributed by atoms with Gasteiger partial charge in [-0.15, -0.1) is 0 Å². The maximum absolute atomic E-state index is 2.33. The quantitative estimate of drug-likeness (QED) is 0.413. The van der Waals surface area contributed by atoms with E-state index in [1.807, 2.05) is 0 Å². The van der Waals surface area contributed by atoms with Crippen molar-refractivity contribution in [1.82, 2.24) is 0 Å². The van der Waals surface area contributed by atoms with E-state index >= 15 is 0 Å². The third-order valence-corrected chi connectivity index (χ3v) is 4.50. The number of benzene rings is 3. The van der Waals surface area contributed by atoms with Gasteiger partial charge in [-0.25, -0.2) is 0 Å². The van der Waals surface area contributed by atoms with Crippen LogP contribution in [0.4, 0.5) is 0 Å². The summed E-state index contributed by atoms with van der Waals surface area (Å²) in [6.07, 6.45) is 2.43. The van der Waals surface area contributed by atoms with Crippen LogP contribution < -0.4 is 0 Å². The molecule has 0 amide bonds. The summed E-state index contributed by atoms with van der Waals surface area (Å²) in [7, 11) is 0. The van der Waals surface area contributed by atoms with Crippen LogP contribution in [0.5, 0.6) is 0 Å². The van der Waals surface area contributed by atoms with Crippen molar-refractivity contribution in [3.05, 3.63) is 59.7 Å². The van der Waals surface area contributed by atoms with Crippen molar-refractivity contribution in [2.24, 2.45) is 0 Å². The van der Waals surface area contributed by atoms with Gasteiger partial charge in [0.1, 0.15) is 0 Å². The molecule has 3 aromatic carbocycles. The lowest BCUT2D eigenvalue weighted by molar-refractivity contribution is 1.02. The molecule has 0 saturated heterocycles. The summed E-state index contributed by atoms with van der Waals surface area (Å²) < 4.78 is 0. The van der Waals surface area contributed by atoms with Crippen molar-refractivity contribution in [1.29, 1.82) is 0 Å². The van der Waals surface area contributed by atoms with E-state index in [2.05, 4.69) is 48.5 Å². The van der Waals surface area contributed by atoms with Gasteiger partial charge in [0.25, 0.3) is 0 Å². The summed E-state index contributed by atoms with van der Waals surface area (Å²) in [6, 6.07) is 18.1. The Morgan fingerprint density at radius 3 is 1.61 bits per heavy atom. The summed E-state index contributed by atoms with van der Waals surface area (Å²) in [5.41, 5.74) is 8.76. The third kappa shape index (κ3) is 0.862. The molecule has 0 bridgehead atoms. The molecule has 0 heteroatoms. The van der Waals surface area contributed by atoms with E-state index in [4.69, 9.17) is 0 Å². The van der Waals surface area contributed by atoms with Crippen LogP contribution in [0.15, 0.2) is 48.5 Å². The minimum atomic E-state index is 1.21. The molecule has 0 aliphatic heterocycles. The maximum Gasteiger partial charge on any atom is -0.00208 e. The molecule has 0 spiro atoms. The van der Waals surface area contributed by atoms with Crippen molar-refractivity contribution in [2.75, 3.05) is 0 Å². The van der Waals surface area contributed by atoms with Gasteiger partial charge in [0, 0.05) is 0 Å². The lowest BCUT2D eigenvalue weighted by Crippen LogP contribution is -1.80. The topological polar surface area (TPSA) is 0 Å². The second kappa shape index (κ2) is 2.84. The molecule has 0 nitrogen and oxygen atoms in total. The highest BCUT2D eigenvalue weighted by Gasteiger charge is 2.25. The van der Waals surface area contributed by atoms with Crippen LogP contribution in [0.1, 0.15) is 11.1 Å². The molecule has 2 aliphatic rings. The first-order valence-electron chi connectivity index (χ1n) is 6.61. The molecule has 5 rings (SSSR count). The molecule has 0 heterocycles. The van der Waals surface area contributed by atoms with Gasteiger partial charge in [0.05, 0.1) is 0 Å². The highest BCUT2D eigenvalue weighted by Crippen LogP contribution is 2.49. The number of fused-ring (bicyclic) bond motifs is 3. The summed E-state index contributed by atoms with van der Waals surface area (Å²) in [5.74, 6) is 0. The van der Waals surface area contributed by atoms with Crippen molar-refractivity contribution in [2.45, 2.75) is 12.8 Å². The van der Waals surface area contributed by atoms with Crippen LogP contribution in [-0.4, -0.2) is 0 Å². The molecular formula is C18H12. The normalized spacial score (nSPS) is 14.2. The van der Waals surface area contributed by atoms with Crippen molar-refractivity contribution < 1.29 is 0 Å². The van der Waals surface area contributed by atoms with E-state index in [9.17, 15) is 0 Å². The first-order chi connectivity index (χ1) is 8.93. The Labute approximate surface area is 106 Å². The van der Waals surface area contributed by atoms with Gasteiger partial charge < -0.3 is 0 Å². The fourth-order valence-corrected chi connectivity index (χ4v) is 3.73. The second-order valence-corrected chi connectivity index (χ2v) is 5.34. The molecule has 84 valence electrons. The van der Waals surface area contributed by atoms with Crippen molar-refractivity contribution >= 4 is 10.8 Å². The Morgan fingerprint density at radius 1 is 0.500 bits per heavy atom. The summed E-state index contributed by atoms with van der Waals surface area (Å²) >= 11 is 0. The molecule has 0 N–H and O–H groups in total. The predicted molar refractivity (Wildman–Crippen MR) is 75.8 cm³/mol. The van der Waals surface area contributed by atoms with Gasteiger partial charge in [0.2, 0.25) is 0 Å². The van der Waals surface area contributed by atoms with E-state index in [1.165, 1.54) is 40.5 Å². The van der Waals surface area contributed by atoms with E-state index in [0.717, 1.165) is 0 Å². The Bertz CT molecular complexity index is 759. The Hall–Kier alpha value is -2.08. The first-order valence-corrected chi connectivity index (χ1v) is 6.61. The summed E-state index contributed by atoms with van der Waals surface area (Å²) in [4.78, 5) is 0. The van der Waals surface area contributed by atoms with Gasteiger partial charge in [-0.05, 0) is 57.0 Å². The molecule has 0 unspecified atom stereocenters. The van der Waals surface area contributed by atoms with Crippen LogP contribution in [0.25, 0.3) is 33.0 Å². The molecule has 3 aromatic rings. The van der Waals surface area contributed by atoms with Crippen LogP contribution >= 0.6 is 0 Å². The number of hydrogen-bond donors (Lipinski definition) is 0. The maximum atomic E-state index is 2.33. The zero-order valence-electron chi connectivity index (χ0n) is 10.0. The predicted octanol–water partition coefficient (Wildman–Crippen LogP) is 4.59. The van der Waals surface area contributed by atoms with Gasteiger partial charge >= 0.3 is 0 Å². The highest BCUT2D eigenvalue weighted by molar-refractivity contribution is 6.17. The number of aryl methyl sites for hydroxylation is 2. The molecule has 0 atom stereocenters. The molecule has 0 radical (unpaired) electrons. The fourth-order valence-electron chi connectivity index (χ4n) is 3.73. The van der Waals surface area contributed by atoms with Crippen LogP contribution in [0.2, 0.25) is 0 Å². The van der Waals surface area contributed by atoms with Crippen LogP contribution in [0, 0.1) is 0 Å². The fraction of sp³-hybridized carbons (Fsp3) is 0.111. The standard InChI is InChI=1S/C18H12/c1-2-4-14-13(3-1)15-9-7-11-5-6-12-8-10-16(14)18(15)17(11)12/h1-4,7-10H,5-6H2. The number of hydrogen-bond acceptors (Lipinski definition) is 0. The Balaban J connectivity index is 2.10. The lowest BCUT2D eigenvalue weighted by Gasteiger charge is -2.05. The molecule has 2 aliphatic carbocycles. The van der Waals surface area contributed by atoms with Crippen LogP contribution in [0.3, 0.4) is 0 Å². The van der Waals surface area contributed by atoms with Crippen molar-refractivity contribution in [3.8, 4) is 22.3 Å². The van der Waals surface area contributed by atoms with Crippen molar-refractivity contribution in [3.63, 3.8) is 0 Å².